The molecule has 2 heterocycles. The van der Waals surface area contributed by atoms with E-state index >= 15 is 0 Å². The highest BCUT2D eigenvalue weighted by Gasteiger charge is 2.16. The minimum Gasteiger partial charge on any atom is -0.205 e. The van der Waals surface area contributed by atoms with Gasteiger partial charge in [0.25, 0.3) is 0 Å². The Kier molecular flexibility index (Phi) is 4.57. The third-order valence-electron chi connectivity index (χ3n) is 3.36. The lowest BCUT2D eigenvalue weighted by Gasteiger charge is -2.12. The zero-order valence-corrected chi connectivity index (χ0v) is 12.1. The first-order valence-corrected chi connectivity index (χ1v) is 8.15. The molecule has 0 spiro atoms. The minimum atomic E-state index is 0.0428. The van der Waals surface area contributed by atoms with E-state index in [0.29, 0.717) is 5.92 Å². The Morgan fingerprint density at radius 1 is 1.29 bits per heavy atom. The van der Waals surface area contributed by atoms with Crippen LogP contribution in [0, 0.1) is 11.7 Å². The molecular weight excluding hydrogens is 251 g/mol. The first-order chi connectivity index (χ1) is 8.26. The molecule has 2 aromatic rings. The van der Waals surface area contributed by atoms with Crippen LogP contribution in [0.1, 0.15) is 44.4 Å². The second-order valence-corrected chi connectivity index (χ2v) is 6.49. The molecule has 0 aliphatic heterocycles. The summed E-state index contributed by atoms with van der Waals surface area (Å²) in [6.45, 7) is 4.43. The Balaban J connectivity index is 2.10. The lowest BCUT2D eigenvalue weighted by atomic mass is 9.95. The Bertz CT molecular complexity index is 469. The zero-order chi connectivity index (χ0) is 12.3. The molecule has 0 aromatic carbocycles. The number of rotatable bonds is 6. The van der Waals surface area contributed by atoms with Crippen molar-refractivity contribution in [2.45, 2.75) is 46.0 Å². The van der Waals surface area contributed by atoms with Crippen molar-refractivity contribution in [3.63, 3.8) is 0 Å². The summed E-state index contributed by atoms with van der Waals surface area (Å²) in [6.07, 6.45) is 5.81. The Morgan fingerprint density at radius 2 is 2.12 bits per heavy atom. The maximum Gasteiger partial charge on any atom is 0.145 e. The fourth-order valence-corrected chi connectivity index (χ4v) is 4.35. The van der Waals surface area contributed by atoms with E-state index in [4.69, 9.17) is 0 Å². The summed E-state index contributed by atoms with van der Waals surface area (Å²) < 4.78 is 15.2. The van der Waals surface area contributed by atoms with Crippen molar-refractivity contribution in [1.29, 1.82) is 0 Å². The molecule has 0 N–H and O–H groups in total. The molecule has 17 heavy (non-hydrogen) atoms. The van der Waals surface area contributed by atoms with E-state index < -0.39 is 0 Å². The van der Waals surface area contributed by atoms with Gasteiger partial charge >= 0.3 is 0 Å². The standard InChI is InChI=1S/C14H19FS2/c1-3-5-6-10(4-2)7-12-14(15)11-8-16-9-13(11)17-12/h8-10H,3-7H2,1-2H3. The highest BCUT2D eigenvalue weighted by Crippen LogP contribution is 2.35. The van der Waals surface area contributed by atoms with Crippen molar-refractivity contribution in [3.8, 4) is 0 Å². The Labute approximate surface area is 110 Å². The molecule has 0 amide bonds. The van der Waals surface area contributed by atoms with Crippen molar-refractivity contribution >= 4 is 32.8 Å². The van der Waals surface area contributed by atoms with Crippen LogP contribution in [0.3, 0.4) is 0 Å². The first kappa shape index (κ1) is 13.0. The van der Waals surface area contributed by atoms with Gasteiger partial charge in [0.05, 0.1) is 0 Å². The van der Waals surface area contributed by atoms with Gasteiger partial charge in [-0.05, 0) is 12.3 Å². The fraction of sp³-hybridized carbons (Fsp3) is 0.571. The van der Waals surface area contributed by atoms with Crippen molar-refractivity contribution < 1.29 is 4.39 Å². The quantitative estimate of drug-likeness (QED) is 0.616. The van der Waals surface area contributed by atoms with Gasteiger partial charge in [-0.2, -0.15) is 11.3 Å². The third kappa shape index (κ3) is 2.89. The third-order valence-corrected chi connectivity index (χ3v) is 5.40. The van der Waals surface area contributed by atoms with E-state index in [9.17, 15) is 4.39 Å². The fourth-order valence-electron chi connectivity index (χ4n) is 2.19. The Morgan fingerprint density at radius 3 is 2.76 bits per heavy atom. The number of thiophene rings is 2. The molecule has 0 saturated heterocycles. The molecule has 0 radical (unpaired) electrons. The van der Waals surface area contributed by atoms with Gasteiger partial charge in [0.2, 0.25) is 0 Å². The van der Waals surface area contributed by atoms with Gasteiger partial charge in [-0.1, -0.05) is 39.5 Å². The smallest absolute Gasteiger partial charge is 0.145 e. The minimum absolute atomic E-state index is 0.0428. The van der Waals surface area contributed by atoms with Gasteiger partial charge in [0, 0.05) is 25.7 Å². The van der Waals surface area contributed by atoms with E-state index in [0.717, 1.165) is 27.8 Å². The van der Waals surface area contributed by atoms with E-state index in [1.807, 2.05) is 5.38 Å². The monoisotopic (exact) mass is 270 g/mol. The number of halogens is 1. The van der Waals surface area contributed by atoms with Gasteiger partial charge in [-0.15, -0.1) is 11.3 Å². The summed E-state index contributed by atoms with van der Waals surface area (Å²) >= 11 is 3.23. The van der Waals surface area contributed by atoms with Crippen LogP contribution < -0.4 is 0 Å². The van der Waals surface area contributed by atoms with Crippen molar-refractivity contribution in [2.75, 3.05) is 0 Å². The normalized spacial score (nSPS) is 13.4. The summed E-state index contributed by atoms with van der Waals surface area (Å²) in [4.78, 5) is 0.964. The van der Waals surface area contributed by atoms with Crippen molar-refractivity contribution in [2.24, 2.45) is 5.92 Å². The van der Waals surface area contributed by atoms with Crippen LogP contribution in [-0.2, 0) is 6.42 Å². The SMILES string of the molecule is CCCCC(CC)Cc1sc2cscc2c1F. The highest BCUT2D eigenvalue weighted by molar-refractivity contribution is 7.22. The van der Waals surface area contributed by atoms with E-state index in [1.54, 1.807) is 22.7 Å². The molecule has 3 heteroatoms. The molecule has 0 aliphatic rings. The second kappa shape index (κ2) is 5.96. The number of hydrogen-bond donors (Lipinski definition) is 0. The van der Waals surface area contributed by atoms with Crippen molar-refractivity contribution in [3.05, 3.63) is 21.5 Å². The number of fused-ring (bicyclic) bond motifs is 1. The molecule has 0 fully saturated rings. The Hall–Kier alpha value is -0.410. The van der Waals surface area contributed by atoms with Crippen LogP contribution in [0.25, 0.3) is 10.1 Å². The molecule has 0 nitrogen and oxygen atoms in total. The topological polar surface area (TPSA) is 0 Å². The predicted octanol–water partition coefficient (Wildman–Crippen LogP) is 5.86. The molecule has 0 bridgehead atoms. The molecule has 0 saturated carbocycles. The molecule has 1 unspecified atom stereocenters. The van der Waals surface area contributed by atoms with E-state index in [1.165, 1.54) is 19.3 Å². The van der Waals surface area contributed by atoms with Crippen molar-refractivity contribution in [1.82, 2.24) is 0 Å². The van der Waals surface area contributed by atoms with Crippen LogP contribution >= 0.6 is 22.7 Å². The summed E-state index contributed by atoms with van der Waals surface area (Å²) in [5.74, 6) is 0.692. The zero-order valence-electron chi connectivity index (χ0n) is 10.5. The van der Waals surface area contributed by atoms with Gasteiger partial charge in [0.15, 0.2) is 0 Å². The predicted molar refractivity (Wildman–Crippen MR) is 76.7 cm³/mol. The lowest BCUT2D eigenvalue weighted by Crippen LogP contribution is -2.03. The molecule has 1 atom stereocenters. The summed E-state index contributed by atoms with van der Waals surface area (Å²) in [6, 6.07) is 0. The summed E-state index contributed by atoms with van der Waals surface area (Å²) in [5, 5.41) is 4.82. The average molecular weight is 270 g/mol. The average Bonchev–Trinajstić information content (AvgIpc) is 2.89. The van der Waals surface area contributed by atoms with Crippen LogP contribution in [-0.4, -0.2) is 0 Å². The van der Waals surface area contributed by atoms with Gasteiger partial charge < -0.3 is 0 Å². The van der Waals surface area contributed by atoms with Crippen LogP contribution in [0.4, 0.5) is 4.39 Å². The highest BCUT2D eigenvalue weighted by atomic mass is 32.1. The molecule has 0 aliphatic carbocycles. The maximum atomic E-state index is 14.1. The molecule has 2 rings (SSSR count). The second-order valence-electron chi connectivity index (χ2n) is 4.61. The maximum absolute atomic E-state index is 14.1. The largest absolute Gasteiger partial charge is 0.205 e. The van der Waals surface area contributed by atoms with E-state index in [-0.39, 0.29) is 5.82 Å². The molecule has 94 valence electrons. The summed E-state index contributed by atoms with van der Waals surface area (Å²) in [7, 11) is 0. The number of hydrogen-bond acceptors (Lipinski definition) is 2. The molecule has 2 aromatic heterocycles. The van der Waals surface area contributed by atoms with Gasteiger partial charge in [-0.25, -0.2) is 4.39 Å². The summed E-state index contributed by atoms with van der Waals surface area (Å²) in [5.41, 5.74) is 0. The number of unbranched alkanes of at least 4 members (excludes halogenated alkanes) is 1. The molecular formula is C14H19FS2. The lowest BCUT2D eigenvalue weighted by molar-refractivity contribution is 0.445. The first-order valence-electron chi connectivity index (χ1n) is 6.39. The van der Waals surface area contributed by atoms with Crippen LogP contribution in [0.5, 0.6) is 0 Å². The van der Waals surface area contributed by atoms with Gasteiger partial charge in [0.1, 0.15) is 5.82 Å². The van der Waals surface area contributed by atoms with Gasteiger partial charge in [-0.3, -0.25) is 0 Å². The van der Waals surface area contributed by atoms with E-state index in [2.05, 4.69) is 19.2 Å². The van der Waals surface area contributed by atoms with Crippen LogP contribution in [0.2, 0.25) is 0 Å². The van der Waals surface area contributed by atoms with Crippen LogP contribution in [0.15, 0.2) is 10.8 Å².